The van der Waals surface area contributed by atoms with E-state index >= 15 is 0 Å². The van der Waals surface area contributed by atoms with Crippen LogP contribution in [-0.2, 0) is 13.5 Å². The molecule has 0 unspecified atom stereocenters. The number of benzene rings is 1. The molecule has 0 fully saturated rings. The third kappa shape index (κ3) is 4.12. The second-order valence-corrected chi connectivity index (χ2v) is 1.53. The standard InChI is InChI=1S/C7H6O.Na.H2S/c8-6-7-4-2-1-3-5-7;;/h1-6H;;1H2/q;+1;/p-1. The van der Waals surface area contributed by atoms with Gasteiger partial charge in [0, 0.05) is 5.56 Å². The number of aldehydes is 1. The smallest absolute Gasteiger partial charge is 0.813 e. The zero-order valence-corrected chi connectivity index (χ0v) is 8.71. The van der Waals surface area contributed by atoms with Crippen LogP contribution in [0, 0.1) is 0 Å². The largest absolute Gasteiger partial charge is 1.00 e. The van der Waals surface area contributed by atoms with Gasteiger partial charge in [0.25, 0.3) is 0 Å². The molecule has 0 bridgehead atoms. The molecule has 0 radical (unpaired) electrons. The van der Waals surface area contributed by atoms with E-state index in [9.17, 15) is 4.79 Å². The minimum absolute atomic E-state index is 0. The molecule has 1 aromatic carbocycles. The number of thiol groups is 1. The minimum atomic E-state index is 0. The number of carbonyl (C=O) groups is 1. The van der Waals surface area contributed by atoms with Gasteiger partial charge in [-0.3, -0.25) is 4.79 Å². The molecule has 1 rings (SSSR count). The van der Waals surface area contributed by atoms with Gasteiger partial charge in [-0.1, -0.05) is 30.3 Å². The quantitative estimate of drug-likeness (QED) is 0.210. The van der Waals surface area contributed by atoms with Crippen molar-refractivity contribution in [1.82, 2.24) is 0 Å². The fourth-order valence-corrected chi connectivity index (χ4v) is 0.532. The van der Waals surface area contributed by atoms with E-state index in [0.29, 0.717) is 0 Å². The van der Waals surface area contributed by atoms with E-state index in [1.807, 2.05) is 18.2 Å². The molecule has 0 heterocycles. The molecule has 0 atom stereocenters. The van der Waals surface area contributed by atoms with E-state index in [4.69, 9.17) is 0 Å². The molecule has 0 aliphatic heterocycles. The van der Waals surface area contributed by atoms with Crippen LogP contribution in [0.5, 0.6) is 0 Å². The summed E-state index contributed by atoms with van der Waals surface area (Å²) in [5.74, 6) is 0. The van der Waals surface area contributed by atoms with E-state index in [1.165, 1.54) is 0 Å². The number of hydrogen-bond acceptors (Lipinski definition) is 2. The average Bonchev–Trinajstić information content (AvgIpc) is 1.90. The van der Waals surface area contributed by atoms with Crippen molar-refractivity contribution in [3.05, 3.63) is 35.9 Å². The molecule has 48 valence electrons. The van der Waals surface area contributed by atoms with Crippen LogP contribution in [-0.4, -0.2) is 6.29 Å². The maximum atomic E-state index is 10.0. The van der Waals surface area contributed by atoms with Gasteiger partial charge >= 0.3 is 29.6 Å². The van der Waals surface area contributed by atoms with Gasteiger partial charge in [-0.05, 0) is 0 Å². The molecule has 0 N–H and O–H groups in total. The molecule has 0 aliphatic rings. The van der Waals surface area contributed by atoms with Gasteiger partial charge in [-0.15, -0.1) is 0 Å². The summed E-state index contributed by atoms with van der Waals surface area (Å²) < 4.78 is 0. The van der Waals surface area contributed by atoms with Gasteiger partial charge in [-0.25, -0.2) is 0 Å². The third-order valence-corrected chi connectivity index (χ3v) is 0.936. The topological polar surface area (TPSA) is 17.1 Å². The first-order valence-corrected chi connectivity index (χ1v) is 2.44. The molecule has 0 aliphatic carbocycles. The first-order chi connectivity index (χ1) is 3.93. The van der Waals surface area contributed by atoms with Crippen LogP contribution in [0.3, 0.4) is 0 Å². The van der Waals surface area contributed by atoms with Gasteiger partial charge in [0.2, 0.25) is 0 Å². The Balaban J connectivity index is 0. The van der Waals surface area contributed by atoms with Crippen LogP contribution in [0.4, 0.5) is 0 Å². The number of hydrogen-bond donors (Lipinski definition) is 0. The summed E-state index contributed by atoms with van der Waals surface area (Å²) in [5, 5.41) is 0. The summed E-state index contributed by atoms with van der Waals surface area (Å²) in [6.07, 6.45) is 0.833. The summed E-state index contributed by atoms with van der Waals surface area (Å²) in [4.78, 5) is 10.0. The van der Waals surface area contributed by atoms with E-state index in [-0.39, 0.29) is 43.1 Å². The average molecular weight is 162 g/mol. The normalized spacial score (nSPS) is 6.80. The van der Waals surface area contributed by atoms with Crippen LogP contribution in [0.15, 0.2) is 30.3 Å². The van der Waals surface area contributed by atoms with Crippen molar-refractivity contribution in [1.29, 1.82) is 0 Å². The maximum absolute atomic E-state index is 10.0. The molecule has 0 saturated heterocycles. The van der Waals surface area contributed by atoms with Gasteiger partial charge in [0.1, 0.15) is 6.29 Å². The second-order valence-electron chi connectivity index (χ2n) is 1.53. The van der Waals surface area contributed by atoms with Crippen LogP contribution in [0.2, 0.25) is 0 Å². The van der Waals surface area contributed by atoms with Crippen LogP contribution in [0.1, 0.15) is 10.4 Å². The SMILES string of the molecule is O=Cc1ccccc1.[Na+].[SH-]. The fourth-order valence-electron chi connectivity index (χ4n) is 0.532. The van der Waals surface area contributed by atoms with Crippen LogP contribution < -0.4 is 29.6 Å². The Bertz CT molecular complexity index is 176. The van der Waals surface area contributed by atoms with Crippen molar-refractivity contribution < 1.29 is 34.4 Å². The van der Waals surface area contributed by atoms with Gasteiger partial charge in [0.05, 0.1) is 0 Å². The van der Waals surface area contributed by atoms with Crippen molar-refractivity contribution in [2.45, 2.75) is 0 Å². The van der Waals surface area contributed by atoms with Gasteiger partial charge in [-0.2, -0.15) is 0 Å². The molecular weight excluding hydrogens is 155 g/mol. The molecular formula is C7H7NaOS. The molecule has 3 heteroatoms. The van der Waals surface area contributed by atoms with Crippen LogP contribution in [0.25, 0.3) is 0 Å². The first kappa shape index (κ1) is 12.9. The number of carbonyl (C=O) groups excluding carboxylic acids is 1. The van der Waals surface area contributed by atoms with Gasteiger partial charge < -0.3 is 13.5 Å². The first-order valence-electron chi connectivity index (χ1n) is 2.44. The second kappa shape index (κ2) is 7.35. The van der Waals surface area contributed by atoms with E-state index in [0.717, 1.165) is 11.8 Å². The van der Waals surface area contributed by atoms with E-state index in [1.54, 1.807) is 12.1 Å². The molecule has 0 aromatic heterocycles. The molecule has 0 saturated carbocycles. The summed E-state index contributed by atoms with van der Waals surface area (Å²) in [7, 11) is 0. The molecule has 1 nitrogen and oxygen atoms in total. The Morgan fingerprint density at radius 1 is 1.10 bits per heavy atom. The minimum Gasteiger partial charge on any atom is -0.813 e. The van der Waals surface area contributed by atoms with Gasteiger partial charge in [0.15, 0.2) is 0 Å². The molecule has 0 amide bonds. The fraction of sp³-hybridized carbons (Fsp3) is 0. The Kier molecular flexibility index (Phi) is 9.46. The van der Waals surface area contributed by atoms with Crippen molar-refractivity contribution in [2.75, 3.05) is 0 Å². The van der Waals surface area contributed by atoms with Crippen molar-refractivity contribution in [3.8, 4) is 0 Å². The van der Waals surface area contributed by atoms with Crippen LogP contribution >= 0.6 is 0 Å². The Morgan fingerprint density at radius 3 is 1.90 bits per heavy atom. The summed E-state index contributed by atoms with van der Waals surface area (Å²) >= 11 is 0. The summed E-state index contributed by atoms with van der Waals surface area (Å²) in [6.45, 7) is 0. The summed E-state index contributed by atoms with van der Waals surface area (Å²) in [5.41, 5.74) is 0.729. The Labute approximate surface area is 89.6 Å². The zero-order chi connectivity index (χ0) is 5.82. The predicted molar refractivity (Wildman–Crippen MR) is 40.6 cm³/mol. The van der Waals surface area contributed by atoms with Crippen molar-refractivity contribution >= 4 is 19.8 Å². The zero-order valence-electron chi connectivity index (χ0n) is 5.82. The Hall–Kier alpha value is 0.240. The molecule has 10 heavy (non-hydrogen) atoms. The monoisotopic (exact) mass is 162 g/mol. The third-order valence-electron chi connectivity index (χ3n) is 0.936. The van der Waals surface area contributed by atoms with E-state index < -0.39 is 0 Å². The number of rotatable bonds is 1. The Morgan fingerprint density at radius 2 is 1.60 bits per heavy atom. The van der Waals surface area contributed by atoms with Crippen molar-refractivity contribution in [3.63, 3.8) is 0 Å². The maximum Gasteiger partial charge on any atom is 1.00 e. The van der Waals surface area contributed by atoms with Crippen molar-refractivity contribution in [2.24, 2.45) is 0 Å². The molecule has 0 spiro atoms. The van der Waals surface area contributed by atoms with E-state index in [2.05, 4.69) is 0 Å². The summed E-state index contributed by atoms with van der Waals surface area (Å²) in [6, 6.07) is 9.10. The predicted octanol–water partition coefficient (Wildman–Crippen LogP) is -1.77. The molecule has 1 aromatic rings.